The first-order valence-electron chi connectivity index (χ1n) is 3.62. The highest BCUT2D eigenvalue weighted by Gasteiger charge is 2.33. The molecule has 1 heterocycles. The van der Waals surface area contributed by atoms with Crippen molar-refractivity contribution in [2.24, 2.45) is 5.84 Å². The van der Waals surface area contributed by atoms with Crippen molar-refractivity contribution >= 4 is 5.82 Å². The third-order valence-electron chi connectivity index (χ3n) is 1.61. The van der Waals surface area contributed by atoms with Gasteiger partial charge in [0.05, 0.1) is 12.2 Å². The number of hydrazine groups is 1. The zero-order valence-corrected chi connectivity index (χ0v) is 6.97. The second-order valence-electron chi connectivity index (χ2n) is 2.53. The number of hydrogen-bond acceptors (Lipinski definition) is 4. The first-order chi connectivity index (χ1) is 6.49. The molecule has 0 aliphatic rings. The fraction of sp³-hybridized carbons (Fsp3) is 0.286. The quantitative estimate of drug-likeness (QED) is 0.497. The smallest absolute Gasteiger partial charge is 0.392 e. The van der Waals surface area contributed by atoms with E-state index in [2.05, 4.69) is 10.4 Å². The number of anilines is 1. The topological polar surface area (TPSA) is 71.2 Å². The van der Waals surface area contributed by atoms with Crippen LogP contribution >= 0.6 is 0 Å². The lowest BCUT2D eigenvalue weighted by atomic mass is 10.1. The number of aliphatic hydroxyl groups is 1. The summed E-state index contributed by atoms with van der Waals surface area (Å²) in [6, 6.07) is 1.04. The van der Waals surface area contributed by atoms with Crippen molar-refractivity contribution in [1.82, 2.24) is 4.98 Å². The highest BCUT2D eigenvalue weighted by Crippen LogP contribution is 2.32. The van der Waals surface area contributed by atoms with Gasteiger partial charge in [-0.1, -0.05) is 0 Å². The predicted octanol–water partition coefficient (Wildman–Crippen LogP) is 0.878. The van der Waals surface area contributed by atoms with E-state index < -0.39 is 18.3 Å². The first kappa shape index (κ1) is 10.7. The molecule has 0 radical (unpaired) electrons. The molecule has 0 saturated heterocycles. The minimum atomic E-state index is -4.52. The Hall–Kier alpha value is -1.34. The number of aromatic nitrogens is 1. The normalized spacial score (nSPS) is 11.5. The number of hydrogen-bond donors (Lipinski definition) is 3. The molecule has 0 aromatic carbocycles. The van der Waals surface area contributed by atoms with E-state index in [4.69, 9.17) is 10.9 Å². The van der Waals surface area contributed by atoms with E-state index in [1.54, 1.807) is 0 Å². The molecule has 0 fully saturated rings. The van der Waals surface area contributed by atoms with Crippen LogP contribution in [-0.4, -0.2) is 10.1 Å². The van der Waals surface area contributed by atoms with Crippen molar-refractivity contribution in [1.29, 1.82) is 0 Å². The van der Waals surface area contributed by atoms with Crippen molar-refractivity contribution in [3.63, 3.8) is 0 Å². The van der Waals surface area contributed by atoms with Crippen LogP contribution in [0.15, 0.2) is 12.3 Å². The Morgan fingerprint density at radius 2 is 2.14 bits per heavy atom. The molecule has 0 bridgehead atoms. The van der Waals surface area contributed by atoms with Crippen LogP contribution in [0.4, 0.5) is 19.0 Å². The molecular weight excluding hydrogens is 199 g/mol. The minimum absolute atomic E-state index is 0.0713. The molecule has 1 aromatic heterocycles. The number of nitrogens with zero attached hydrogens (tertiary/aromatic N) is 1. The summed E-state index contributed by atoms with van der Waals surface area (Å²) < 4.78 is 36.8. The van der Waals surface area contributed by atoms with Crippen molar-refractivity contribution < 1.29 is 18.3 Å². The molecule has 7 heteroatoms. The van der Waals surface area contributed by atoms with Crippen LogP contribution in [0, 0.1) is 0 Å². The molecule has 4 nitrogen and oxygen atoms in total. The highest BCUT2D eigenvalue weighted by molar-refractivity contribution is 5.40. The van der Waals surface area contributed by atoms with Crippen molar-refractivity contribution in [3.05, 3.63) is 23.4 Å². The van der Waals surface area contributed by atoms with Crippen LogP contribution < -0.4 is 11.3 Å². The molecule has 0 aliphatic carbocycles. The van der Waals surface area contributed by atoms with E-state index in [-0.39, 0.29) is 11.4 Å². The fourth-order valence-corrected chi connectivity index (χ4v) is 0.962. The summed E-state index contributed by atoms with van der Waals surface area (Å²) in [4.78, 5) is 3.41. The van der Waals surface area contributed by atoms with Gasteiger partial charge in [-0.25, -0.2) is 10.8 Å². The molecule has 14 heavy (non-hydrogen) atoms. The van der Waals surface area contributed by atoms with E-state index >= 15 is 0 Å². The minimum Gasteiger partial charge on any atom is -0.392 e. The molecule has 1 aromatic rings. The number of nitrogen functional groups attached to an aromatic ring is 1. The molecule has 0 saturated carbocycles. The Kier molecular flexibility index (Phi) is 2.92. The SMILES string of the molecule is NNc1cc(CO)c(C(F)(F)F)cn1. The Bertz CT molecular complexity index is 326. The van der Waals surface area contributed by atoms with Gasteiger partial charge in [0, 0.05) is 6.20 Å². The van der Waals surface area contributed by atoms with Gasteiger partial charge in [-0.2, -0.15) is 13.2 Å². The molecule has 0 aliphatic heterocycles. The lowest BCUT2D eigenvalue weighted by Gasteiger charge is -2.11. The van der Waals surface area contributed by atoms with Gasteiger partial charge < -0.3 is 10.5 Å². The maximum absolute atomic E-state index is 12.3. The standard InChI is InChI=1S/C7H8F3N3O/c8-7(9,10)5-2-12-6(13-11)1-4(5)3-14/h1-2,14H,3,11H2,(H,12,13). The summed E-state index contributed by atoms with van der Waals surface area (Å²) in [6.07, 6.45) is -3.89. The van der Waals surface area contributed by atoms with E-state index in [1.807, 2.05) is 0 Å². The van der Waals surface area contributed by atoms with Crippen LogP contribution in [0.3, 0.4) is 0 Å². The third-order valence-corrected chi connectivity index (χ3v) is 1.61. The van der Waals surface area contributed by atoms with E-state index in [1.165, 1.54) is 0 Å². The fourth-order valence-electron chi connectivity index (χ4n) is 0.962. The molecule has 1 rings (SSSR count). The van der Waals surface area contributed by atoms with E-state index in [9.17, 15) is 13.2 Å². The van der Waals surface area contributed by atoms with Gasteiger partial charge in [0.2, 0.25) is 0 Å². The van der Waals surface area contributed by atoms with Gasteiger partial charge in [-0.3, -0.25) is 0 Å². The first-order valence-corrected chi connectivity index (χ1v) is 3.62. The average Bonchev–Trinajstić information content (AvgIpc) is 2.15. The summed E-state index contributed by atoms with van der Waals surface area (Å²) in [7, 11) is 0. The van der Waals surface area contributed by atoms with Gasteiger partial charge in [-0.15, -0.1) is 0 Å². The molecule has 0 atom stereocenters. The lowest BCUT2D eigenvalue weighted by molar-refractivity contribution is -0.138. The number of pyridine rings is 1. The maximum atomic E-state index is 12.3. The molecule has 0 unspecified atom stereocenters. The maximum Gasteiger partial charge on any atom is 0.418 e. The molecule has 4 N–H and O–H groups in total. The Morgan fingerprint density at radius 1 is 1.50 bits per heavy atom. The van der Waals surface area contributed by atoms with Gasteiger partial charge in [-0.05, 0) is 11.6 Å². The monoisotopic (exact) mass is 207 g/mol. The van der Waals surface area contributed by atoms with Crippen molar-refractivity contribution in [2.45, 2.75) is 12.8 Å². The number of rotatable bonds is 2. The molecule has 78 valence electrons. The van der Waals surface area contributed by atoms with E-state index in [0.717, 1.165) is 6.07 Å². The van der Waals surface area contributed by atoms with Gasteiger partial charge in [0.25, 0.3) is 0 Å². The Morgan fingerprint density at radius 3 is 2.57 bits per heavy atom. The highest BCUT2D eigenvalue weighted by atomic mass is 19.4. The van der Waals surface area contributed by atoms with Gasteiger partial charge in [0.1, 0.15) is 5.82 Å². The summed E-state index contributed by atoms with van der Waals surface area (Å²) in [6.45, 7) is -0.716. The summed E-state index contributed by atoms with van der Waals surface area (Å²) in [5.74, 6) is 5.03. The number of nitrogens with one attached hydrogen (secondary N) is 1. The number of halogens is 3. The Labute approximate surface area is 77.5 Å². The van der Waals surface area contributed by atoms with Crippen LogP contribution in [0.25, 0.3) is 0 Å². The van der Waals surface area contributed by atoms with E-state index in [0.29, 0.717) is 6.20 Å². The largest absolute Gasteiger partial charge is 0.418 e. The van der Waals surface area contributed by atoms with Crippen LogP contribution in [0.2, 0.25) is 0 Å². The number of alkyl halides is 3. The van der Waals surface area contributed by atoms with Crippen molar-refractivity contribution in [2.75, 3.05) is 5.43 Å². The lowest BCUT2D eigenvalue weighted by Crippen LogP contribution is -2.13. The average molecular weight is 207 g/mol. The third kappa shape index (κ3) is 2.12. The molecule has 0 spiro atoms. The number of nitrogens with two attached hydrogens (primary N) is 1. The number of aliphatic hydroxyl groups excluding tert-OH is 1. The van der Waals surface area contributed by atoms with Crippen molar-refractivity contribution in [3.8, 4) is 0 Å². The second kappa shape index (κ2) is 3.81. The summed E-state index contributed by atoms with van der Waals surface area (Å²) in [5.41, 5.74) is 0.868. The summed E-state index contributed by atoms with van der Waals surface area (Å²) >= 11 is 0. The van der Waals surface area contributed by atoms with Crippen LogP contribution in [-0.2, 0) is 12.8 Å². The van der Waals surface area contributed by atoms with Gasteiger partial charge >= 0.3 is 6.18 Å². The molecule has 0 amide bonds. The Balaban J connectivity index is 3.18. The zero-order chi connectivity index (χ0) is 10.8. The predicted molar refractivity (Wildman–Crippen MR) is 43.0 cm³/mol. The van der Waals surface area contributed by atoms with Crippen LogP contribution in [0.1, 0.15) is 11.1 Å². The van der Waals surface area contributed by atoms with Gasteiger partial charge in [0.15, 0.2) is 0 Å². The summed E-state index contributed by atoms with van der Waals surface area (Å²) in [5, 5.41) is 8.71. The van der Waals surface area contributed by atoms with Crippen LogP contribution in [0.5, 0.6) is 0 Å². The second-order valence-corrected chi connectivity index (χ2v) is 2.53. The zero-order valence-electron chi connectivity index (χ0n) is 6.97. The molecular formula is C7H8F3N3O.